The Hall–Kier alpha value is -1.35. The third kappa shape index (κ3) is 4.64. The number of hydrogen-bond donors (Lipinski definition) is 1. The molecule has 1 amide bonds. The summed E-state index contributed by atoms with van der Waals surface area (Å²) in [5, 5.41) is 0. The molecular formula is C17H28N2O. The minimum atomic E-state index is -0.101. The van der Waals surface area contributed by atoms with Gasteiger partial charge in [-0.15, -0.1) is 0 Å². The molecule has 0 saturated heterocycles. The van der Waals surface area contributed by atoms with Crippen molar-refractivity contribution in [2.24, 2.45) is 11.1 Å². The first-order valence-corrected chi connectivity index (χ1v) is 7.45. The Labute approximate surface area is 123 Å². The van der Waals surface area contributed by atoms with Crippen LogP contribution in [0.4, 0.5) is 0 Å². The van der Waals surface area contributed by atoms with E-state index in [4.69, 9.17) is 5.73 Å². The van der Waals surface area contributed by atoms with Gasteiger partial charge in [0.25, 0.3) is 0 Å². The molecule has 0 spiro atoms. The van der Waals surface area contributed by atoms with Crippen molar-refractivity contribution in [1.29, 1.82) is 0 Å². The summed E-state index contributed by atoms with van der Waals surface area (Å²) in [6.45, 7) is 10.4. The van der Waals surface area contributed by atoms with Crippen molar-refractivity contribution in [2.75, 3.05) is 19.6 Å². The van der Waals surface area contributed by atoms with Crippen LogP contribution in [0.3, 0.4) is 0 Å². The molecule has 112 valence electrons. The molecule has 0 aromatic heterocycles. The number of rotatable bonds is 7. The van der Waals surface area contributed by atoms with E-state index in [1.54, 1.807) is 0 Å². The first kappa shape index (κ1) is 16.7. The van der Waals surface area contributed by atoms with Crippen LogP contribution in [-0.2, 0) is 4.79 Å². The lowest BCUT2D eigenvalue weighted by Gasteiger charge is -2.33. The fourth-order valence-corrected chi connectivity index (χ4v) is 2.28. The molecule has 1 rings (SSSR count). The topological polar surface area (TPSA) is 46.3 Å². The Bertz CT molecular complexity index is 414. The first-order chi connectivity index (χ1) is 9.41. The second kappa shape index (κ2) is 7.44. The number of carbonyl (C=O) groups is 1. The SMILES string of the molecule is CCCN(CC(C)(C)CN)C(=O)C(C)c1ccccc1. The van der Waals surface area contributed by atoms with Crippen LogP contribution in [0.1, 0.15) is 45.6 Å². The molecule has 0 heterocycles. The second-order valence-electron chi connectivity index (χ2n) is 6.26. The highest BCUT2D eigenvalue weighted by Gasteiger charge is 2.26. The molecule has 1 atom stereocenters. The summed E-state index contributed by atoms with van der Waals surface area (Å²) in [7, 11) is 0. The number of nitrogens with two attached hydrogens (primary N) is 1. The molecule has 0 radical (unpaired) electrons. The van der Waals surface area contributed by atoms with Crippen LogP contribution in [-0.4, -0.2) is 30.4 Å². The molecule has 0 fully saturated rings. The predicted molar refractivity (Wildman–Crippen MR) is 84.6 cm³/mol. The molecule has 1 aromatic rings. The van der Waals surface area contributed by atoms with E-state index < -0.39 is 0 Å². The Morgan fingerprint density at radius 2 is 1.90 bits per heavy atom. The highest BCUT2D eigenvalue weighted by Crippen LogP contribution is 2.21. The molecule has 1 aromatic carbocycles. The minimum Gasteiger partial charge on any atom is -0.342 e. The van der Waals surface area contributed by atoms with Crippen LogP contribution in [0, 0.1) is 5.41 Å². The van der Waals surface area contributed by atoms with E-state index in [0.29, 0.717) is 13.1 Å². The van der Waals surface area contributed by atoms with Gasteiger partial charge in [0.15, 0.2) is 0 Å². The Morgan fingerprint density at radius 1 is 1.30 bits per heavy atom. The van der Waals surface area contributed by atoms with E-state index in [9.17, 15) is 4.79 Å². The van der Waals surface area contributed by atoms with Crippen LogP contribution in [0.5, 0.6) is 0 Å². The average Bonchev–Trinajstić information content (AvgIpc) is 2.46. The van der Waals surface area contributed by atoms with Gasteiger partial charge in [-0.05, 0) is 30.9 Å². The third-order valence-electron chi connectivity index (χ3n) is 3.65. The van der Waals surface area contributed by atoms with E-state index in [0.717, 1.165) is 18.5 Å². The van der Waals surface area contributed by atoms with Crippen molar-refractivity contribution >= 4 is 5.91 Å². The molecule has 0 bridgehead atoms. The zero-order valence-corrected chi connectivity index (χ0v) is 13.2. The van der Waals surface area contributed by atoms with Crippen LogP contribution >= 0.6 is 0 Å². The molecule has 2 N–H and O–H groups in total. The number of amides is 1. The van der Waals surface area contributed by atoms with Crippen LogP contribution in [0.25, 0.3) is 0 Å². The maximum Gasteiger partial charge on any atom is 0.229 e. The van der Waals surface area contributed by atoms with Crippen LogP contribution in [0.15, 0.2) is 30.3 Å². The largest absolute Gasteiger partial charge is 0.342 e. The lowest BCUT2D eigenvalue weighted by atomic mass is 9.91. The lowest BCUT2D eigenvalue weighted by molar-refractivity contribution is -0.133. The summed E-state index contributed by atoms with van der Waals surface area (Å²) in [6, 6.07) is 9.96. The zero-order valence-electron chi connectivity index (χ0n) is 13.2. The fourth-order valence-electron chi connectivity index (χ4n) is 2.28. The number of carbonyl (C=O) groups excluding carboxylic acids is 1. The van der Waals surface area contributed by atoms with Gasteiger partial charge in [0.05, 0.1) is 5.92 Å². The predicted octanol–water partition coefficient (Wildman–Crippen LogP) is 3.01. The van der Waals surface area contributed by atoms with Crippen molar-refractivity contribution in [3.05, 3.63) is 35.9 Å². The first-order valence-electron chi connectivity index (χ1n) is 7.45. The van der Waals surface area contributed by atoms with Gasteiger partial charge >= 0.3 is 0 Å². The summed E-state index contributed by atoms with van der Waals surface area (Å²) in [4.78, 5) is 14.7. The Morgan fingerprint density at radius 3 is 2.40 bits per heavy atom. The minimum absolute atomic E-state index is 0.0404. The van der Waals surface area contributed by atoms with Crippen molar-refractivity contribution in [3.8, 4) is 0 Å². The van der Waals surface area contributed by atoms with Crippen molar-refractivity contribution in [2.45, 2.75) is 40.0 Å². The van der Waals surface area contributed by atoms with Crippen molar-refractivity contribution in [3.63, 3.8) is 0 Å². The van der Waals surface area contributed by atoms with E-state index in [1.165, 1.54) is 0 Å². The summed E-state index contributed by atoms with van der Waals surface area (Å²) in [6.07, 6.45) is 0.966. The van der Waals surface area contributed by atoms with Gasteiger partial charge in [0.1, 0.15) is 0 Å². The van der Waals surface area contributed by atoms with Crippen LogP contribution in [0.2, 0.25) is 0 Å². The van der Waals surface area contributed by atoms with E-state index in [-0.39, 0.29) is 17.2 Å². The Balaban J connectivity index is 2.83. The molecule has 0 aliphatic carbocycles. The van der Waals surface area contributed by atoms with Gasteiger partial charge in [0.2, 0.25) is 5.91 Å². The molecule has 3 heteroatoms. The molecular weight excluding hydrogens is 248 g/mol. The third-order valence-corrected chi connectivity index (χ3v) is 3.65. The van der Waals surface area contributed by atoms with Gasteiger partial charge in [-0.3, -0.25) is 4.79 Å². The standard InChI is InChI=1S/C17H28N2O/c1-5-11-19(13-17(3,4)12-18)16(20)14(2)15-9-7-6-8-10-15/h6-10,14H,5,11-13,18H2,1-4H3. The maximum absolute atomic E-state index is 12.7. The number of nitrogens with zero attached hydrogens (tertiary/aromatic N) is 1. The lowest BCUT2D eigenvalue weighted by Crippen LogP contribution is -2.43. The van der Waals surface area contributed by atoms with Gasteiger partial charge in [-0.25, -0.2) is 0 Å². The molecule has 1 unspecified atom stereocenters. The maximum atomic E-state index is 12.7. The zero-order chi connectivity index (χ0) is 15.2. The van der Waals surface area contributed by atoms with E-state index in [2.05, 4.69) is 20.8 Å². The highest BCUT2D eigenvalue weighted by atomic mass is 16.2. The average molecular weight is 276 g/mol. The van der Waals surface area contributed by atoms with Crippen molar-refractivity contribution in [1.82, 2.24) is 4.90 Å². The Kier molecular flexibility index (Phi) is 6.21. The smallest absolute Gasteiger partial charge is 0.229 e. The number of benzene rings is 1. The van der Waals surface area contributed by atoms with Gasteiger partial charge in [-0.2, -0.15) is 0 Å². The normalized spacial score (nSPS) is 13.1. The summed E-state index contributed by atoms with van der Waals surface area (Å²) >= 11 is 0. The molecule has 0 saturated carbocycles. The quantitative estimate of drug-likeness (QED) is 0.832. The second-order valence-corrected chi connectivity index (χ2v) is 6.26. The number of hydrogen-bond acceptors (Lipinski definition) is 2. The highest BCUT2D eigenvalue weighted by molar-refractivity contribution is 5.83. The van der Waals surface area contributed by atoms with E-state index >= 15 is 0 Å². The van der Waals surface area contributed by atoms with Gasteiger partial charge in [-0.1, -0.05) is 51.1 Å². The van der Waals surface area contributed by atoms with E-state index in [1.807, 2.05) is 42.2 Å². The van der Waals surface area contributed by atoms with Crippen molar-refractivity contribution < 1.29 is 4.79 Å². The summed E-state index contributed by atoms with van der Waals surface area (Å²) < 4.78 is 0. The van der Waals surface area contributed by atoms with Gasteiger partial charge in [0, 0.05) is 13.1 Å². The molecule has 20 heavy (non-hydrogen) atoms. The summed E-state index contributed by atoms with van der Waals surface area (Å²) in [5.41, 5.74) is 6.83. The molecule has 0 aliphatic heterocycles. The monoisotopic (exact) mass is 276 g/mol. The molecule has 3 nitrogen and oxygen atoms in total. The van der Waals surface area contributed by atoms with Crippen LogP contribution < -0.4 is 5.73 Å². The van der Waals surface area contributed by atoms with Gasteiger partial charge < -0.3 is 10.6 Å². The molecule has 0 aliphatic rings. The summed E-state index contributed by atoms with van der Waals surface area (Å²) in [5.74, 6) is 0.0934. The fraction of sp³-hybridized carbons (Fsp3) is 0.588.